The van der Waals surface area contributed by atoms with Gasteiger partial charge in [0.25, 0.3) is 5.91 Å². The van der Waals surface area contributed by atoms with E-state index in [1.165, 1.54) is 6.26 Å². The summed E-state index contributed by atoms with van der Waals surface area (Å²) in [5, 5.41) is 5.64. The molecule has 0 atom stereocenters. The Morgan fingerprint density at radius 1 is 1.12 bits per heavy atom. The van der Waals surface area contributed by atoms with Crippen molar-refractivity contribution in [2.45, 2.75) is 19.8 Å². The lowest BCUT2D eigenvalue weighted by molar-refractivity contribution is -0.117. The SMILES string of the molecule is CC1CCN(CC(=O)Nc2cccc(NC(=O)c3ccco3)c2)CC1. The molecule has 25 heavy (non-hydrogen) atoms. The van der Waals surface area contributed by atoms with Gasteiger partial charge in [0.1, 0.15) is 0 Å². The molecule has 1 aliphatic heterocycles. The highest BCUT2D eigenvalue weighted by molar-refractivity contribution is 6.02. The number of amides is 2. The molecule has 2 N–H and O–H groups in total. The van der Waals surface area contributed by atoms with Crippen LogP contribution in [0.1, 0.15) is 30.3 Å². The van der Waals surface area contributed by atoms with Gasteiger partial charge in [0.15, 0.2) is 5.76 Å². The summed E-state index contributed by atoms with van der Waals surface area (Å²) in [4.78, 5) is 26.4. The van der Waals surface area contributed by atoms with Gasteiger partial charge in [0.2, 0.25) is 5.91 Å². The van der Waals surface area contributed by atoms with E-state index in [0.717, 1.165) is 31.8 Å². The standard InChI is InChI=1S/C19H23N3O3/c1-14-7-9-22(10-8-14)13-18(23)20-15-4-2-5-16(12-15)21-19(24)17-6-3-11-25-17/h2-6,11-12,14H,7-10,13H2,1H3,(H,20,23)(H,21,24). The van der Waals surface area contributed by atoms with Gasteiger partial charge in [0, 0.05) is 11.4 Å². The minimum absolute atomic E-state index is 0.0379. The summed E-state index contributed by atoms with van der Waals surface area (Å²) in [5.74, 6) is 0.627. The van der Waals surface area contributed by atoms with E-state index >= 15 is 0 Å². The largest absolute Gasteiger partial charge is 0.459 e. The summed E-state index contributed by atoms with van der Waals surface area (Å²) in [7, 11) is 0. The molecule has 3 rings (SSSR count). The van der Waals surface area contributed by atoms with Gasteiger partial charge in [-0.15, -0.1) is 0 Å². The van der Waals surface area contributed by atoms with E-state index in [0.29, 0.717) is 17.9 Å². The molecule has 1 aromatic heterocycles. The van der Waals surface area contributed by atoms with E-state index in [2.05, 4.69) is 22.5 Å². The van der Waals surface area contributed by atoms with Crippen LogP contribution in [0.15, 0.2) is 47.1 Å². The molecule has 6 heteroatoms. The third-order valence-electron chi connectivity index (χ3n) is 4.39. The average Bonchev–Trinajstić information content (AvgIpc) is 3.12. The Kier molecular flexibility index (Phi) is 5.50. The van der Waals surface area contributed by atoms with Crippen molar-refractivity contribution in [3.63, 3.8) is 0 Å². The topological polar surface area (TPSA) is 74.6 Å². The molecular formula is C19H23N3O3. The highest BCUT2D eigenvalue weighted by atomic mass is 16.3. The number of hydrogen-bond donors (Lipinski definition) is 2. The van der Waals surface area contributed by atoms with Crippen LogP contribution in [0.4, 0.5) is 11.4 Å². The molecule has 1 aromatic carbocycles. The molecule has 2 aromatic rings. The molecule has 0 saturated carbocycles. The Balaban J connectivity index is 1.54. The Morgan fingerprint density at radius 3 is 2.52 bits per heavy atom. The monoisotopic (exact) mass is 341 g/mol. The third-order valence-corrected chi connectivity index (χ3v) is 4.39. The number of benzene rings is 1. The molecule has 0 spiro atoms. The number of carbonyl (C=O) groups is 2. The first-order valence-electron chi connectivity index (χ1n) is 8.57. The molecule has 0 aliphatic carbocycles. The molecule has 0 radical (unpaired) electrons. The highest BCUT2D eigenvalue weighted by Crippen LogP contribution is 2.18. The second kappa shape index (κ2) is 7.98. The van der Waals surface area contributed by atoms with Gasteiger partial charge < -0.3 is 15.1 Å². The normalized spacial score (nSPS) is 15.7. The zero-order valence-electron chi connectivity index (χ0n) is 14.3. The molecule has 0 bridgehead atoms. The number of piperidine rings is 1. The van der Waals surface area contributed by atoms with E-state index in [-0.39, 0.29) is 17.6 Å². The lowest BCUT2D eigenvalue weighted by Gasteiger charge is -2.29. The first kappa shape index (κ1) is 17.2. The van der Waals surface area contributed by atoms with Crippen molar-refractivity contribution in [2.24, 2.45) is 5.92 Å². The molecule has 2 amide bonds. The molecule has 6 nitrogen and oxygen atoms in total. The minimum atomic E-state index is -0.323. The first-order chi connectivity index (χ1) is 12.1. The Bertz CT molecular complexity index is 719. The smallest absolute Gasteiger partial charge is 0.291 e. The number of likely N-dealkylation sites (tertiary alicyclic amines) is 1. The Hall–Kier alpha value is -2.60. The second-order valence-electron chi connectivity index (χ2n) is 6.52. The molecule has 132 valence electrons. The maximum atomic E-state index is 12.2. The Morgan fingerprint density at radius 2 is 1.84 bits per heavy atom. The quantitative estimate of drug-likeness (QED) is 0.876. The van der Waals surface area contributed by atoms with Crippen molar-refractivity contribution in [3.8, 4) is 0 Å². The summed E-state index contributed by atoms with van der Waals surface area (Å²) in [6.45, 7) is 4.58. The van der Waals surface area contributed by atoms with Crippen molar-refractivity contribution < 1.29 is 14.0 Å². The summed E-state index contributed by atoms with van der Waals surface area (Å²) >= 11 is 0. The molecule has 1 fully saturated rings. The van der Waals surface area contributed by atoms with Gasteiger partial charge in [-0.05, 0) is 62.2 Å². The van der Waals surface area contributed by atoms with Crippen molar-refractivity contribution in [1.82, 2.24) is 4.90 Å². The molecule has 1 aliphatic rings. The predicted octanol–water partition coefficient (Wildman–Crippen LogP) is 3.20. The average molecular weight is 341 g/mol. The van der Waals surface area contributed by atoms with Crippen LogP contribution in [0.3, 0.4) is 0 Å². The zero-order valence-corrected chi connectivity index (χ0v) is 14.3. The van der Waals surface area contributed by atoms with Crippen LogP contribution in [0.2, 0.25) is 0 Å². The number of hydrogen-bond acceptors (Lipinski definition) is 4. The van der Waals surface area contributed by atoms with Crippen LogP contribution in [0.5, 0.6) is 0 Å². The summed E-state index contributed by atoms with van der Waals surface area (Å²) in [6, 6.07) is 10.3. The maximum Gasteiger partial charge on any atom is 0.291 e. The van der Waals surface area contributed by atoms with Crippen molar-refractivity contribution in [2.75, 3.05) is 30.3 Å². The van der Waals surface area contributed by atoms with Crippen LogP contribution in [-0.2, 0) is 4.79 Å². The fourth-order valence-electron chi connectivity index (χ4n) is 2.90. The minimum Gasteiger partial charge on any atom is -0.459 e. The van der Waals surface area contributed by atoms with E-state index in [9.17, 15) is 9.59 Å². The molecule has 0 unspecified atom stereocenters. The zero-order chi connectivity index (χ0) is 17.6. The number of furan rings is 1. The second-order valence-corrected chi connectivity index (χ2v) is 6.52. The van der Waals surface area contributed by atoms with Crippen LogP contribution in [0.25, 0.3) is 0 Å². The predicted molar refractivity (Wildman–Crippen MR) is 96.6 cm³/mol. The fraction of sp³-hybridized carbons (Fsp3) is 0.368. The first-order valence-corrected chi connectivity index (χ1v) is 8.57. The third kappa shape index (κ3) is 4.93. The summed E-state index contributed by atoms with van der Waals surface area (Å²) < 4.78 is 5.07. The van der Waals surface area contributed by atoms with Crippen LogP contribution in [-0.4, -0.2) is 36.3 Å². The van der Waals surface area contributed by atoms with Crippen molar-refractivity contribution in [1.29, 1.82) is 0 Å². The summed E-state index contributed by atoms with van der Waals surface area (Å²) in [5.41, 5.74) is 1.26. The van der Waals surface area contributed by atoms with Crippen molar-refractivity contribution >= 4 is 23.2 Å². The fourth-order valence-corrected chi connectivity index (χ4v) is 2.90. The number of rotatable bonds is 5. The van der Waals surface area contributed by atoms with Gasteiger partial charge in [-0.25, -0.2) is 0 Å². The van der Waals surface area contributed by atoms with Crippen LogP contribution >= 0.6 is 0 Å². The van der Waals surface area contributed by atoms with E-state index in [4.69, 9.17) is 4.42 Å². The van der Waals surface area contributed by atoms with Gasteiger partial charge in [0.05, 0.1) is 12.8 Å². The Labute approximate surface area is 147 Å². The van der Waals surface area contributed by atoms with E-state index in [1.54, 1.807) is 36.4 Å². The van der Waals surface area contributed by atoms with Crippen LogP contribution < -0.4 is 10.6 Å². The lowest BCUT2D eigenvalue weighted by Crippen LogP contribution is -2.38. The molecule has 2 heterocycles. The highest BCUT2D eigenvalue weighted by Gasteiger charge is 2.18. The van der Waals surface area contributed by atoms with Crippen LogP contribution in [0, 0.1) is 5.92 Å². The molecular weight excluding hydrogens is 318 g/mol. The summed E-state index contributed by atoms with van der Waals surface area (Å²) in [6.07, 6.45) is 3.73. The van der Waals surface area contributed by atoms with E-state index in [1.807, 2.05) is 0 Å². The lowest BCUT2D eigenvalue weighted by atomic mass is 9.99. The maximum absolute atomic E-state index is 12.2. The number of carbonyl (C=O) groups excluding carboxylic acids is 2. The van der Waals surface area contributed by atoms with Gasteiger partial charge >= 0.3 is 0 Å². The molecule has 1 saturated heterocycles. The van der Waals surface area contributed by atoms with E-state index < -0.39 is 0 Å². The van der Waals surface area contributed by atoms with Crippen molar-refractivity contribution in [3.05, 3.63) is 48.4 Å². The number of anilines is 2. The number of nitrogens with one attached hydrogen (secondary N) is 2. The van der Waals surface area contributed by atoms with Gasteiger partial charge in [-0.3, -0.25) is 14.5 Å². The van der Waals surface area contributed by atoms with Gasteiger partial charge in [-0.1, -0.05) is 13.0 Å². The number of nitrogens with zero attached hydrogens (tertiary/aromatic N) is 1. The van der Waals surface area contributed by atoms with Gasteiger partial charge in [-0.2, -0.15) is 0 Å².